The summed E-state index contributed by atoms with van der Waals surface area (Å²) in [5.74, 6) is -0.442. The van der Waals surface area contributed by atoms with E-state index in [-0.39, 0.29) is 5.76 Å². The van der Waals surface area contributed by atoms with Gasteiger partial charge in [-0.25, -0.2) is 0 Å². The molecule has 192 valence electrons. The van der Waals surface area contributed by atoms with Gasteiger partial charge in [-0.05, 0) is 53.7 Å². The van der Waals surface area contributed by atoms with Gasteiger partial charge in [0, 0.05) is 0 Å². The van der Waals surface area contributed by atoms with E-state index in [2.05, 4.69) is 13.8 Å². The van der Waals surface area contributed by atoms with Crippen LogP contribution in [-0.4, -0.2) is 56.6 Å². The summed E-state index contributed by atoms with van der Waals surface area (Å²) in [7, 11) is 0. The lowest BCUT2D eigenvalue weighted by Crippen LogP contribution is -2.46. The number of ether oxygens (including phenoxy) is 1. The molecule has 5 N–H and O–H groups in total. The van der Waals surface area contributed by atoms with Crippen LogP contribution in [0.25, 0.3) is 12.2 Å². The fourth-order valence-electron chi connectivity index (χ4n) is 3.71. The Hall–Kier alpha value is -2.64. The van der Waals surface area contributed by atoms with Gasteiger partial charge in [0.1, 0.15) is 35.9 Å². The lowest BCUT2D eigenvalue weighted by atomic mass is 9.98. The smallest absolute Gasteiger partial charge is 0.139 e. The molecule has 4 atom stereocenters. The van der Waals surface area contributed by atoms with Crippen LogP contribution in [0.1, 0.15) is 62.3 Å². The van der Waals surface area contributed by atoms with Crippen molar-refractivity contribution in [2.75, 3.05) is 6.61 Å². The normalized spacial score (nSPS) is 16.0. The number of rotatable bonds is 14. The van der Waals surface area contributed by atoms with Gasteiger partial charge in [0.15, 0.2) is 0 Å². The molecule has 2 aromatic carbocycles. The summed E-state index contributed by atoms with van der Waals surface area (Å²) in [6.45, 7) is 6.42. The molecule has 35 heavy (non-hydrogen) atoms. The minimum atomic E-state index is -1.85. The van der Waals surface area contributed by atoms with Gasteiger partial charge in [-0.3, -0.25) is 0 Å². The van der Waals surface area contributed by atoms with Gasteiger partial charge in [0.25, 0.3) is 0 Å². The van der Waals surface area contributed by atoms with Crippen LogP contribution in [0.5, 0.6) is 0 Å². The molecule has 0 aliphatic heterocycles. The summed E-state index contributed by atoms with van der Waals surface area (Å²) in [6.07, 6.45) is 0.534. The minimum absolute atomic E-state index is 0.0730. The molecule has 6 heteroatoms. The molecule has 0 saturated heterocycles. The van der Waals surface area contributed by atoms with E-state index in [1.165, 1.54) is 11.6 Å². The van der Waals surface area contributed by atoms with Crippen molar-refractivity contribution in [1.29, 1.82) is 0 Å². The largest absolute Gasteiger partial charge is 0.509 e. The lowest BCUT2D eigenvalue weighted by molar-refractivity contribution is -0.103. The standard InChI is InChI=1S/C29H40O6/c1-4-7-20-9-13-22(14-10-20)18-24(30)26(31)28(33)29(34)27(32)25(35-17-6-3)19-23-15-11-21(8-5-2)12-16-23/h9-16,18-19,26-34H,4-8,17H2,1-3H3/t26-,27+,28-,29-/m1/s1. The predicted octanol–water partition coefficient (Wildman–Crippen LogP) is 4.40. The summed E-state index contributed by atoms with van der Waals surface area (Å²) in [5.41, 5.74) is 3.77. The Morgan fingerprint density at radius 1 is 0.686 bits per heavy atom. The Kier molecular flexibility index (Phi) is 12.0. The summed E-state index contributed by atoms with van der Waals surface area (Å²) in [4.78, 5) is 0. The Labute approximate surface area is 208 Å². The van der Waals surface area contributed by atoms with Crippen LogP contribution in [0, 0.1) is 0 Å². The fourth-order valence-corrected chi connectivity index (χ4v) is 3.71. The minimum Gasteiger partial charge on any atom is -0.509 e. The molecule has 0 fully saturated rings. The molecule has 0 bridgehead atoms. The number of benzene rings is 2. The highest BCUT2D eigenvalue weighted by molar-refractivity contribution is 5.54. The van der Waals surface area contributed by atoms with Crippen LogP contribution in [0.15, 0.2) is 60.0 Å². The van der Waals surface area contributed by atoms with E-state index in [0.29, 0.717) is 18.6 Å². The number of hydrogen-bond acceptors (Lipinski definition) is 6. The monoisotopic (exact) mass is 484 g/mol. The molecule has 2 aromatic rings. The second kappa shape index (κ2) is 14.7. The number of hydrogen-bond donors (Lipinski definition) is 5. The molecule has 0 radical (unpaired) electrons. The first kappa shape index (κ1) is 28.6. The summed E-state index contributed by atoms with van der Waals surface area (Å²) >= 11 is 0. The van der Waals surface area contributed by atoms with Gasteiger partial charge in [0.2, 0.25) is 0 Å². The number of aryl methyl sites for hydroxylation is 2. The average Bonchev–Trinajstić information content (AvgIpc) is 2.87. The van der Waals surface area contributed by atoms with E-state index < -0.39 is 30.2 Å². The van der Waals surface area contributed by atoms with E-state index in [0.717, 1.165) is 36.8 Å². The Morgan fingerprint density at radius 2 is 1.14 bits per heavy atom. The van der Waals surface area contributed by atoms with Gasteiger partial charge in [-0.2, -0.15) is 0 Å². The second-order valence-corrected chi connectivity index (χ2v) is 8.82. The van der Waals surface area contributed by atoms with Gasteiger partial charge < -0.3 is 30.3 Å². The SMILES string of the molecule is CCCOC(=Cc1ccc(CCC)cc1)[C@H](O)[C@@H](O)[C@H](O)[C@H](O)C(O)=Cc1ccc(CCC)cc1. The van der Waals surface area contributed by atoms with E-state index in [4.69, 9.17) is 4.74 Å². The molecule has 0 saturated carbocycles. The van der Waals surface area contributed by atoms with Crippen molar-refractivity contribution in [3.8, 4) is 0 Å². The van der Waals surface area contributed by atoms with Crippen molar-refractivity contribution in [2.24, 2.45) is 0 Å². The lowest BCUT2D eigenvalue weighted by Gasteiger charge is -2.27. The first-order chi connectivity index (χ1) is 16.8. The van der Waals surface area contributed by atoms with Gasteiger partial charge in [0.05, 0.1) is 6.61 Å². The molecule has 0 amide bonds. The Morgan fingerprint density at radius 3 is 1.60 bits per heavy atom. The topological polar surface area (TPSA) is 110 Å². The molecule has 6 nitrogen and oxygen atoms in total. The maximum Gasteiger partial charge on any atom is 0.139 e. The third kappa shape index (κ3) is 8.82. The molecule has 0 heterocycles. The zero-order valence-corrected chi connectivity index (χ0v) is 21.0. The Bertz CT molecular complexity index is 933. The molecule has 0 aromatic heterocycles. The van der Waals surface area contributed by atoms with Crippen LogP contribution in [0.4, 0.5) is 0 Å². The first-order valence-electron chi connectivity index (χ1n) is 12.5. The predicted molar refractivity (Wildman–Crippen MR) is 140 cm³/mol. The van der Waals surface area contributed by atoms with Crippen LogP contribution in [0.3, 0.4) is 0 Å². The summed E-state index contributed by atoms with van der Waals surface area (Å²) in [6, 6.07) is 15.2. The average molecular weight is 485 g/mol. The van der Waals surface area contributed by atoms with Gasteiger partial charge in [-0.1, -0.05) is 82.1 Å². The maximum atomic E-state index is 10.8. The Balaban J connectivity index is 2.16. The van der Waals surface area contributed by atoms with Crippen LogP contribution >= 0.6 is 0 Å². The van der Waals surface area contributed by atoms with Crippen molar-refractivity contribution in [2.45, 2.75) is 77.3 Å². The van der Waals surface area contributed by atoms with E-state index in [1.54, 1.807) is 18.2 Å². The maximum absolute atomic E-state index is 10.8. The third-order valence-electron chi connectivity index (χ3n) is 5.72. The molecule has 0 aliphatic rings. The van der Waals surface area contributed by atoms with Gasteiger partial charge in [-0.15, -0.1) is 0 Å². The van der Waals surface area contributed by atoms with Crippen molar-refractivity contribution < 1.29 is 30.3 Å². The molecule has 0 unspecified atom stereocenters. The van der Waals surface area contributed by atoms with Crippen LogP contribution in [-0.2, 0) is 17.6 Å². The zero-order valence-electron chi connectivity index (χ0n) is 21.0. The highest BCUT2D eigenvalue weighted by atomic mass is 16.5. The highest BCUT2D eigenvalue weighted by Gasteiger charge is 2.35. The van der Waals surface area contributed by atoms with E-state index in [9.17, 15) is 25.5 Å². The van der Waals surface area contributed by atoms with Crippen LogP contribution < -0.4 is 0 Å². The molecule has 0 aliphatic carbocycles. The summed E-state index contributed by atoms with van der Waals surface area (Å²) in [5, 5.41) is 52.7. The van der Waals surface area contributed by atoms with Crippen molar-refractivity contribution in [3.63, 3.8) is 0 Å². The summed E-state index contributed by atoms with van der Waals surface area (Å²) < 4.78 is 5.65. The third-order valence-corrected chi connectivity index (χ3v) is 5.72. The van der Waals surface area contributed by atoms with Crippen molar-refractivity contribution in [3.05, 3.63) is 82.3 Å². The molecule has 0 spiro atoms. The number of aliphatic hydroxyl groups is 5. The van der Waals surface area contributed by atoms with Gasteiger partial charge >= 0.3 is 0 Å². The molecular formula is C29H40O6. The van der Waals surface area contributed by atoms with Crippen molar-refractivity contribution >= 4 is 12.2 Å². The number of aliphatic hydroxyl groups excluding tert-OH is 5. The first-order valence-corrected chi connectivity index (χ1v) is 12.5. The van der Waals surface area contributed by atoms with Crippen LogP contribution in [0.2, 0.25) is 0 Å². The zero-order chi connectivity index (χ0) is 25.8. The second-order valence-electron chi connectivity index (χ2n) is 8.82. The van der Waals surface area contributed by atoms with E-state index in [1.807, 2.05) is 43.3 Å². The van der Waals surface area contributed by atoms with Crippen molar-refractivity contribution in [1.82, 2.24) is 0 Å². The quantitative estimate of drug-likeness (QED) is 0.254. The molecular weight excluding hydrogens is 444 g/mol. The molecule has 2 rings (SSSR count). The van der Waals surface area contributed by atoms with E-state index >= 15 is 0 Å². The highest BCUT2D eigenvalue weighted by Crippen LogP contribution is 2.21. The fraction of sp³-hybridized carbons (Fsp3) is 0.448.